The van der Waals surface area contributed by atoms with Crippen LogP contribution in [0.3, 0.4) is 0 Å². The first kappa shape index (κ1) is 19.7. The summed E-state index contributed by atoms with van der Waals surface area (Å²) >= 11 is 0. The van der Waals surface area contributed by atoms with Crippen molar-refractivity contribution in [3.63, 3.8) is 0 Å². The van der Waals surface area contributed by atoms with Gasteiger partial charge in [0.1, 0.15) is 18.1 Å². The van der Waals surface area contributed by atoms with Crippen LogP contribution in [0.25, 0.3) is 5.69 Å². The molecule has 0 radical (unpaired) electrons. The lowest BCUT2D eigenvalue weighted by atomic mass is 10.0. The number of amides is 1. The van der Waals surface area contributed by atoms with Gasteiger partial charge in [-0.25, -0.2) is 13.9 Å². The molecule has 30 heavy (non-hydrogen) atoms. The van der Waals surface area contributed by atoms with E-state index in [0.29, 0.717) is 30.3 Å². The van der Waals surface area contributed by atoms with E-state index in [9.17, 15) is 9.18 Å². The molecule has 0 saturated carbocycles. The van der Waals surface area contributed by atoms with Gasteiger partial charge < -0.3 is 19.5 Å². The van der Waals surface area contributed by atoms with Crippen molar-refractivity contribution in [3.05, 3.63) is 53.6 Å². The van der Waals surface area contributed by atoms with Gasteiger partial charge >= 0.3 is 6.09 Å². The fourth-order valence-corrected chi connectivity index (χ4v) is 2.76. The Bertz CT molecular complexity index is 1030. The van der Waals surface area contributed by atoms with E-state index >= 15 is 0 Å². The number of hydrogen-bond donors (Lipinski definition) is 1. The number of carbonyl (C=O) groups excluding carboxylic acids is 1. The molecule has 1 aliphatic rings. The van der Waals surface area contributed by atoms with E-state index < -0.39 is 11.6 Å². The second-order valence-corrected chi connectivity index (χ2v) is 7.08. The highest BCUT2D eigenvalue weighted by molar-refractivity contribution is 5.70. The Kier molecular flexibility index (Phi) is 5.27. The fourth-order valence-electron chi connectivity index (χ4n) is 2.76. The minimum atomic E-state index is -0.631. The van der Waals surface area contributed by atoms with Gasteiger partial charge in [-0.15, -0.1) is 15.3 Å². The van der Waals surface area contributed by atoms with Gasteiger partial charge in [0.2, 0.25) is 11.8 Å². The van der Waals surface area contributed by atoms with Crippen molar-refractivity contribution in [1.82, 2.24) is 30.5 Å². The van der Waals surface area contributed by atoms with E-state index in [4.69, 9.17) is 14.2 Å². The van der Waals surface area contributed by atoms with Gasteiger partial charge in [-0.05, 0) is 38.1 Å². The molecule has 11 heteroatoms. The summed E-state index contributed by atoms with van der Waals surface area (Å²) in [5.74, 6) is -0.0685. The first-order chi connectivity index (χ1) is 14.4. The molecule has 1 aliphatic heterocycles. The predicted octanol–water partition coefficient (Wildman–Crippen LogP) is 1.96. The number of halogens is 1. The van der Waals surface area contributed by atoms with Crippen LogP contribution < -0.4 is 14.8 Å². The second-order valence-electron chi connectivity index (χ2n) is 7.08. The summed E-state index contributed by atoms with van der Waals surface area (Å²) in [7, 11) is 0. The van der Waals surface area contributed by atoms with E-state index in [2.05, 4.69) is 25.8 Å². The van der Waals surface area contributed by atoms with Crippen LogP contribution in [-0.4, -0.2) is 50.0 Å². The lowest BCUT2D eigenvalue weighted by Gasteiger charge is -2.37. The van der Waals surface area contributed by atoms with Gasteiger partial charge in [0.25, 0.3) is 0 Å². The highest BCUT2D eigenvalue weighted by Gasteiger charge is 2.35. The van der Waals surface area contributed by atoms with Crippen LogP contribution in [0.4, 0.5) is 9.18 Å². The second kappa shape index (κ2) is 8.03. The summed E-state index contributed by atoms with van der Waals surface area (Å²) in [6, 6.07) is 8.89. The van der Waals surface area contributed by atoms with Gasteiger partial charge in [-0.1, -0.05) is 5.21 Å². The maximum atomic E-state index is 13.2. The van der Waals surface area contributed by atoms with Crippen molar-refractivity contribution >= 4 is 6.09 Å². The van der Waals surface area contributed by atoms with E-state index in [1.165, 1.54) is 24.3 Å². The number of rotatable bonds is 6. The normalized spacial score (nSPS) is 14.6. The van der Waals surface area contributed by atoms with Crippen molar-refractivity contribution in [2.45, 2.75) is 26.0 Å². The van der Waals surface area contributed by atoms with Gasteiger partial charge in [-0.2, -0.15) is 0 Å². The molecule has 1 amide bonds. The van der Waals surface area contributed by atoms with Crippen molar-refractivity contribution < 1.29 is 23.4 Å². The number of nitrogens with one attached hydrogen (secondary N) is 1. The van der Waals surface area contributed by atoms with Crippen molar-refractivity contribution in [2.24, 2.45) is 0 Å². The maximum Gasteiger partial charge on any atom is 0.414 e. The molecule has 4 rings (SSSR count). The molecule has 0 unspecified atom stereocenters. The Labute approximate surface area is 171 Å². The molecule has 10 nitrogen and oxygen atoms in total. The largest absolute Gasteiger partial charge is 0.470 e. The molecule has 0 aliphatic carbocycles. The van der Waals surface area contributed by atoms with Crippen LogP contribution in [0.5, 0.6) is 11.8 Å². The first-order valence-corrected chi connectivity index (χ1v) is 9.13. The number of benzene rings is 1. The third-order valence-corrected chi connectivity index (χ3v) is 4.44. The Morgan fingerprint density at radius 2 is 1.87 bits per heavy atom. The minimum Gasteiger partial charge on any atom is -0.470 e. The molecule has 1 fully saturated rings. The lowest BCUT2D eigenvalue weighted by Crippen LogP contribution is -2.60. The topological polar surface area (TPSA) is 113 Å². The van der Waals surface area contributed by atoms with Crippen LogP contribution in [-0.2, 0) is 11.3 Å². The summed E-state index contributed by atoms with van der Waals surface area (Å²) in [4.78, 5) is 11.9. The molecule has 1 aromatic carbocycles. The zero-order chi connectivity index (χ0) is 21.1. The maximum absolute atomic E-state index is 13.2. The minimum absolute atomic E-state index is 0.0397. The first-order valence-electron chi connectivity index (χ1n) is 9.13. The lowest BCUT2D eigenvalue weighted by molar-refractivity contribution is -0.0597. The molecule has 0 atom stereocenters. The molecular formula is C19H19FN6O4. The predicted molar refractivity (Wildman–Crippen MR) is 101 cm³/mol. The summed E-state index contributed by atoms with van der Waals surface area (Å²) in [6.07, 6.45) is -0.631. The standard InChI is InChI=1S/C19H19FN6O4/c1-12-15(26(25-22-12)14-5-3-13(20)4-6-14)9-29-16-7-8-17(24-23-16)30-18(27)21-19(2)10-28-11-19/h3-8H,9-11H2,1-2H3,(H,21,27). The van der Waals surface area contributed by atoms with Crippen LogP contribution >= 0.6 is 0 Å². The van der Waals surface area contributed by atoms with E-state index in [0.717, 1.165) is 0 Å². The van der Waals surface area contributed by atoms with Gasteiger partial charge in [0.05, 0.1) is 30.1 Å². The molecule has 3 aromatic rings. The van der Waals surface area contributed by atoms with Crippen molar-refractivity contribution in [2.75, 3.05) is 13.2 Å². The quantitative estimate of drug-likeness (QED) is 0.651. The molecule has 2 aromatic heterocycles. The Balaban J connectivity index is 1.37. The molecule has 1 N–H and O–H groups in total. The highest BCUT2D eigenvalue weighted by Crippen LogP contribution is 2.18. The van der Waals surface area contributed by atoms with Gasteiger partial charge in [0.15, 0.2) is 0 Å². The number of hydrogen-bond acceptors (Lipinski definition) is 8. The highest BCUT2D eigenvalue weighted by atomic mass is 19.1. The van der Waals surface area contributed by atoms with Crippen LogP contribution in [0, 0.1) is 12.7 Å². The van der Waals surface area contributed by atoms with Crippen molar-refractivity contribution in [1.29, 1.82) is 0 Å². The number of aromatic nitrogens is 5. The fraction of sp³-hybridized carbons (Fsp3) is 0.316. The molecule has 0 spiro atoms. The third-order valence-electron chi connectivity index (χ3n) is 4.44. The number of nitrogens with zero attached hydrogens (tertiary/aromatic N) is 5. The summed E-state index contributed by atoms with van der Waals surface area (Å²) in [6.45, 7) is 4.63. The van der Waals surface area contributed by atoms with Gasteiger partial charge in [0, 0.05) is 12.1 Å². The van der Waals surface area contributed by atoms with E-state index in [-0.39, 0.29) is 24.2 Å². The van der Waals surface area contributed by atoms with Crippen LogP contribution in [0.1, 0.15) is 18.3 Å². The molecule has 156 valence electrons. The zero-order valence-corrected chi connectivity index (χ0v) is 16.3. The van der Waals surface area contributed by atoms with E-state index in [1.807, 2.05) is 6.92 Å². The smallest absolute Gasteiger partial charge is 0.414 e. The number of ether oxygens (including phenoxy) is 3. The summed E-state index contributed by atoms with van der Waals surface area (Å²) in [5.41, 5.74) is 1.57. The van der Waals surface area contributed by atoms with Crippen molar-refractivity contribution in [3.8, 4) is 17.4 Å². The zero-order valence-electron chi connectivity index (χ0n) is 16.3. The molecule has 3 heterocycles. The number of carbonyl (C=O) groups is 1. The number of aryl methyl sites for hydroxylation is 1. The molecule has 1 saturated heterocycles. The summed E-state index contributed by atoms with van der Waals surface area (Å²) < 4.78 is 30.6. The average molecular weight is 414 g/mol. The Morgan fingerprint density at radius 3 is 2.50 bits per heavy atom. The average Bonchev–Trinajstić information content (AvgIpc) is 3.07. The van der Waals surface area contributed by atoms with Gasteiger partial charge in [-0.3, -0.25) is 0 Å². The molecular weight excluding hydrogens is 395 g/mol. The Morgan fingerprint density at radius 1 is 1.17 bits per heavy atom. The van der Waals surface area contributed by atoms with E-state index in [1.54, 1.807) is 23.7 Å². The summed E-state index contributed by atoms with van der Waals surface area (Å²) in [5, 5.41) is 18.6. The third kappa shape index (κ3) is 4.35. The SMILES string of the molecule is Cc1nnn(-c2ccc(F)cc2)c1COc1ccc(OC(=O)NC2(C)COC2)nn1. The van der Waals surface area contributed by atoms with Crippen LogP contribution in [0.15, 0.2) is 36.4 Å². The van der Waals surface area contributed by atoms with Crippen LogP contribution in [0.2, 0.25) is 0 Å². The Hall–Kier alpha value is -3.60. The molecule has 0 bridgehead atoms. The monoisotopic (exact) mass is 414 g/mol.